The lowest BCUT2D eigenvalue weighted by Crippen LogP contribution is -2.18. The third-order valence-corrected chi connectivity index (χ3v) is 4.51. The van der Waals surface area contributed by atoms with E-state index in [1.807, 2.05) is 25.2 Å². The molecule has 2 atom stereocenters. The molecule has 1 aliphatic carbocycles. The Morgan fingerprint density at radius 1 is 1.27 bits per heavy atom. The molecule has 0 radical (unpaired) electrons. The number of benzene rings is 1. The number of nitrogens with one attached hydrogen (secondary N) is 1. The predicted molar refractivity (Wildman–Crippen MR) is 87.9 cm³/mol. The van der Waals surface area contributed by atoms with Crippen molar-refractivity contribution in [2.75, 3.05) is 5.32 Å². The first kappa shape index (κ1) is 14.8. The van der Waals surface area contributed by atoms with Crippen molar-refractivity contribution in [2.45, 2.75) is 39.0 Å². The molecule has 0 unspecified atom stereocenters. The van der Waals surface area contributed by atoms with Gasteiger partial charge in [0.1, 0.15) is 5.82 Å². The van der Waals surface area contributed by atoms with Crippen molar-refractivity contribution in [3.05, 3.63) is 47.2 Å². The Morgan fingerprint density at radius 3 is 2.64 bits per heavy atom. The van der Waals surface area contributed by atoms with E-state index >= 15 is 0 Å². The molecule has 0 bridgehead atoms. The molecule has 1 aliphatic rings. The van der Waals surface area contributed by atoms with Crippen LogP contribution in [0.2, 0.25) is 0 Å². The van der Waals surface area contributed by atoms with Gasteiger partial charge in [0.15, 0.2) is 0 Å². The van der Waals surface area contributed by atoms with Gasteiger partial charge >= 0.3 is 0 Å². The first-order chi connectivity index (χ1) is 10.7. The molecule has 22 heavy (non-hydrogen) atoms. The number of aromatic nitrogens is 2. The molecule has 4 nitrogen and oxygen atoms in total. The largest absolute Gasteiger partial charge is 0.310 e. The summed E-state index contributed by atoms with van der Waals surface area (Å²) in [5.41, 5.74) is 3.50. The number of carbonyl (C=O) groups excluding carboxylic acids is 1. The Balaban J connectivity index is 1.73. The summed E-state index contributed by atoms with van der Waals surface area (Å²) in [6.45, 7) is 4.20. The van der Waals surface area contributed by atoms with E-state index in [0.29, 0.717) is 5.92 Å². The molecule has 1 N–H and O–H groups in total. The van der Waals surface area contributed by atoms with E-state index in [1.165, 1.54) is 5.56 Å². The fraction of sp³-hybridized carbons (Fsp3) is 0.444. The van der Waals surface area contributed by atoms with Gasteiger partial charge in [-0.15, -0.1) is 0 Å². The number of nitrogens with zero attached hydrogens (tertiary/aromatic N) is 2. The van der Waals surface area contributed by atoms with Crippen LogP contribution in [0.1, 0.15) is 43.0 Å². The van der Waals surface area contributed by atoms with Crippen molar-refractivity contribution in [2.24, 2.45) is 13.0 Å². The number of aryl methyl sites for hydroxylation is 2. The number of amides is 1. The highest BCUT2D eigenvalue weighted by molar-refractivity contribution is 5.95. The van der Waals surface area contributed by atoms with Crippen LogP contribution in [0.5, 0.6) is 0 Å². The molecule has 2 aromatic rings. The van der Waals surface area contributed by atoms with Crippen LogP contribution < -0.4 is 5.32 Å². The summed E-state index contributed by atoms with van der Waals surface area (Å²) in [5, 5.41) is 7.62. The van der Waals surface area contributed by atoms with Crippen LogP contribution >= 0.6 is 0 Å². The monoisotopic (exact) mass is 297 g/mol. The fourth-order valence-corrected chi connectivity index (χ4v) is 3.20. The summed E-state index contributed by atoms with van der Waals surface area (Å²) >= 11 is 0. The van der Waals surface area contributed by atoms with Crippen molar-refractivity contribution < 1.29 is 4.79 Å². The van der Waals surface area contributed by atoms with E-state index < -0.39 is 0 Å². The van der Waals surface area contributed by atoms with Gasteiger partial charge in [0.05, 0.1) is 5.69 Å². The standard InChI is InChI=1S/C18H23N3O/c1-4-13-16(5-2)20-21(3)17(13)19-18(22)15-11-14(15)12-9-7-6-8-10-12/h6-10,14-15H,4-5,11H2,1-3H3,(H,19,22)/t14-,15+/m0/s1. The average Bonchev–Trinajstić information content (AvgIpc) is 3.29. The lowest BCUT2D eigenvalue weighted by atomic mass is 10.1. The lowest BCUT2D eigenvalue weighted by Gasteiger charge is -2.08. The molecular weight excluding hydrogens is 274 g/mol. The van der Waals surface area contributed by atoms with Crippen molar-refractivity contribution in [1.82, 2.24) is 9.78 Å². The van der Waals surface area contributed by atoms with Gasteiger partial charge in [0, 0.05) is 18.5 Å². The molecule has 116 valence electrons. The van der Waals surface area contributed by atoms with Crippen molar-refractivity contribution >= 4 is 11.7 Å². The van der Waals surface area contributed by atoms with Gasteiger partial charge in [-0.25, -0.2) is 0 Å². The Kier molecular flexibility index (Phi) is 4.01. The number of carbonyl (C=O) groups is 1. The maximum Gasteiger partial charge on any atom is 0.229 e. The molecule has 3 rings (SSSR count). The molecule has 4 heteroatoms. The molecule has 1 amide bonds. The van der Waals surface area contributed by atoms with Crippen LogP contribution in [0.25, 0.3) is 0 Å². The SMILES string of the molecule is CCc1nn(C)c(NC(=O)[C@@H]2C[C@H]2c2ccccc2)c1CC. The minimum atomic E-state index is 0.0899. The van der Waals surface area contributed by atoms with Crippen LogP contribution in [-0.4, -0.2) is 15.7 Å². The zero-order valence-electron chi connectivity index (χ0n) is 13.5. The molecule has 1 saturated carbocycles. The molecule has 1 fully saturated rings. The summed E-state index contributed by atoms with van der Waals surface area (Å²) in [6.07, 6.45) is 2.72. The first-order valence-electron chi connectivity index (χ1n) is 8.06. The first-order valence-corrected chi connectivity index (χ1v) is 8.06. The van der Waals surface area contributed by atoms with E-state index in [4.69, 9.17) is 0 Å². The summed E-state index contributed by atoms with van der Waals surface area (Å²) < 4.78 is 1.80. The summed E-state index contributed by atoms with van der Waals surface area (Å²) in [5.74, 6) is 1.44. The minimum Gasteiger partial charge on any atom is -0.310 e. The second-order valence-corrected chi connectivity index (χ2v) is 5.95. The van der Waals surface area contributed by atoms with E-state index in [-0.39, 0.29) is 11.8 Å². The van der Waals surface area contributed by atoms with Crippen LogP contribution in [0.15, 0.2) is 30.3 Å². The van der Waals surface area contributed by atoms with Gasteiger partial charge in [-0.05, 0) is 30.7 Å². The maximum atomic E-state index is 12.5. The van der Waals surface area contributed by atoms with Gasteiger partial charge in [-0.1, -0.05) is 44.2 Å². The average molecular weight is 297 g/mol. The predicted octanol–water partition coefficient (Wildman–Crippen LogP) is 3.29. The smallest absolute Gasteiger partial charge is 0.229 e. The Labute approximate surface area is 131 Å². The number of hydrogen-bond acceptors (Lipinski definition) is 2. The molecule has 1 aromatic heterocycles. The second kappa shape index (κ2) is 5.95. The lowest BCUT2D eigenvalue weighted by molar-refractivity contribution is -0.117. The highest BCUT2D eigenvalue weighted by Gasteiger charge is 2.44. The molecule has 0 aliphatic heterocycles. The van der Waals surface area contributed by atoms with E-state index in [2.05, 4.69) is 36.4 Å². The maximum absolute atomic E-state index is 12.5. The molecule has 0 spiro atoms. The molecule has 1 heterocycles. The van der Waals surface area contributed by atoms with Gasteiger partial charge in [0.2, 0.25) is 5.91 Å². The second-order valence-electron chi connectivity index (χ2n) is 5.95. The Morgan fingerprint density at radius 2 is 2.00 bits per heavy atom. The molecule has 0 saturated heterocycles. The highest BCUT2D eigenvalue weighted by Crippen LogP contribution is 2.48. The van der Waals surface area contributed by atoms with Crippen LogP contribution in [0.4, 0.5) is 5.82 Å². The van der Waals surface area contributed by atoms with Gasteiger partial charge in [-0.3, -0.25) is 9.48 Å². The third-order valence-electron chi connectivity index (χ3n) is 4.51. The van der Waals surface area contributed by atoms with E-state index in [9.17, 15) is 4.79 Å². The summed E-state index contributed by atoms with van der Waals surface area (Å²) in [4.78, 5) is 12.5. The quantitative estimate of drug-likeness (QED) is 0.920. The third kappa shape index (κ3) is 2.65. The van der Waals surface area contributed by atoms with Crippen LogP contribution in [0, 0.1) is 5.92 Å². The Hall–Kier alpha value is -2.10. The van der Waals surface area contributed by atoms with Crippen LogP contribution in [0.3, 0.4) is 0 Å². The Bertz CT molecular complexity index is 675. The minimum absolute atomic E-state index is 0.0899. The van der Waals surface area contributed by atoms with Crippen molar-refractivity contribution in [3.63, 3.8) is 0 Å². The van der Waals surface area contributed by atoms with Crippen molar-refractivity contribution in [3.8, 4) is 0 Å². The van der Waals surface area contributed by atoms with Gasteiger partial charge < -0.3 is 5.32 Å². The molecule has 1 aromatic carbocycles. The zero-order chi connectivity index (χ0) is 15.7. The number of anilines is 1. The normalized spacial score (nSPS) is 20.0. The molecular formula is C18H23N3O. The summed E-state index contributed by atoms with van der Waals surface area (Å²) in [6, 6.07) is 10.3. The van der Waals surface area contributed by atoms with E-state index in [1.54, 1.807) is 4.68 Å². The van der Waals surface area contributed by atoms with Crippen molar-refractivity contribution in [1.29, 1.82) is 0 Å². The summed E-state index contributed by atoms with van der Waals surface area (Å²) in [7, 11) is 1.90. The van der Waals surface area contributed by atoms with E-state index in [0.717, 1.165) is 36.3 Å². The van der Waals surface area contributed by atoms with Gasteiger partial charge in [-0.2, -0.15) is 5.10 Å². The topological polar surface area (TPSA) is 46.9 Å². The highest BCUT2D eigenvalue weighted by atomic mass is 16.2. The number of rotatable bonds is 5. The van der Waals surface area contributed by atoms with Gasteiger partial charge in [0.25, 0.3) is 0 Å². The number of hydrogen-bond donors (Lipinski definition) is 1. The fourth-order valence-electron chi connectivity index (χ4n) is 3.20. The van der Waals surface area contributed by atoms with Crippen LogP contribution in [-0.2, 0) is 24.7 Å². The zero-order valence-corrected chi connectivity index (χ0v) is 13.5.